The van der Waals surface area contributed by atoms with Gasteiger partial charge in [-0.15, -0.1) is 24.0 Å². The largest absolute Gasteiger partial charge is 0.376 e. The van der Waals surface area contributed by atoms with Gasteiger partial charge in [-0.05, 0) is 31.9 Å². The molecule has 1 heterocycles. The summed E-state index contributed by atoms with van der Waals surface area (Å²) >= 11 is 0. The summed E-state index contributed by atoms with van der Waals surface area (Å²) in [4.78, 5) is 8.94. The summed E-state index contributed by atoms with van der Waals surface area (Å²) in [6, 6.07) is 6.01. The Morgan fingerprint density at radius 3 is 2.68 bits per heavy atom. The summed E-state index contributed by atoms with van der Waals surface area (Å²) in [5.74, 6) is 0.859. The van der Waals surface area contributed by atoms with Crippen LogP contribution in [-0.2, 0) is 11.2 Å². The fraction of sp³-hybridized carbons (Fsp3) is 0.684. The molecule has 1 fully saturated rings. The molecule has 0 aliphatic heterocycles. The summed E-state index contributed by atoms with van der Waals surface area (Å²) in [6.45, 7) is 5.18. The average molecular weight is 460 g/mol. The van der Waals surface area contributed by atoms with Crippen LogP contribution in [0.2, 0.25) is 0 Å². The lowest BCUT2D eigenvalue weighted by Gasteiger charge is -2.15. The topological polar surface area (TPSA) is 58.5 Å². The molecule has 5 nitrogen and oxygen atoms in total. The highest BCUT2D eigenvalue weighted by Gasteiger charge is 2.11. The Balaban J connectivity index is 0.00000312. The molecule has 0 bridgehead atoms. The predicted molar refractivity (Wildman–Crippen MR) is 115 cm³/mol. The first-order valence-electron chi connectivity index (χ1n) is 9.42. The first-order valence-corrected chi connectivity index (χ1v) is 9.42. The van der Waals surface area contributed by atoms with Gasteiger partial charge in [-0.25, -0.2) is 0 Å². The zero-order chi connectivity index (χ0) is 16.9. The fourth-order valence-electron chi connectivity index (χ4n) is 2.98. The highest BCUT2D eigenvalue weighted by Crippen LogP contribution is 2.19. The van der Waals surface area contributed by atoms with Crippen molar-refractivity contribution in [3.63, 3.8) is 0 Å². The van der Waals surface area contributed by atoms with Crippen molar-refractivity contribution in [3.05, 3.63) is 30.1 Å². The lowest BCUT2D eigenvalue weighted by molar-refractivity contribution is 0.0487. The Hall–Kier alpha value is -0.890. The van der Waals surface area contributed by atoms with E-state index in [4.69, 9.17) is 4.74 Å². The van der Waals surface area contributed by atoms with Crippen LogP contribution in [0.4, 0.5) is 0 Å². The molecule has 0 amide bonds. The molecular weight excluding hydrogens is 427 g/mol. The second-order valence-corrected chi connectivity index (χ2v) is 6.24. The number of hydrogen-bond acceptors (Lipinski definition) is 3. The molecule has 0 unspecified atom stereocenters. The minimum atomic E-state index is 0. The Morgan fingerprint density at radius 2 is 2.00 bits per heavy atom. The van der Waals surface area contributed by atoms with Crippen molar-refractivity contribution in [2.45, 2.75) is 58.0 Å². The fourth-order valence-corrected chi connectivity index (χ4v) is 2.98. The van der Waals surface area contributed by atoms with Crippen molar-refractivity contribution in [1.82, 2.24) is 15.6 Å². The van der Waals surface area contributed by atoms with E-state index in [1.165, 1.54) is 38.5 Å². The molecule has 1 aliphatic rings. The van der Waals surface area contributed by atoms with Crippen LogP contribution < -0.4 is 10.6 Å². The molecule has 0 aromatic carbocycles. The van der Waals surface area contributed by atoms with Crippen molar-refractivity contribution in [1.29, 1.82) is 0 Å². The van der Waals surface area contributed by atoms with Crippen LogP contribution in [0.15, 0.2) is 29.4 Å². The molecule has 6 heteroatoms. The predicted octanol–water partition coefficient (Wildman–Crippen LogP) is 3.54. The van der Waals surface area contributed by atoms with Gasteiger partial charge in [0.1, 0.15) is 0 Å². The normalized spacial score (nSPS) is 16.0. The molecule has 1 aromatic heterocycles. The van der Waals surface area contributed by atoms with E-state index < -0.39 is 0 Å². The maximum Gasteiger partial charge on any atom is 0.191 e. The Morgan fingerprint density at radius 1 is 1.20 bits per heavy atom. The van der Waals surface area contributed by atoms with Gasteiger partial charge in [0.05, 0.1) is 19.3 Å². The van der Waals surface area contributed by atoms with Crippen LogP contribution >= 0.6 is 24.0 Å². The SMILES string of the molecule is CCNC(=NCCOC1CCCCCC1)NCCc1ccccn1.I. The third-order valence-electron chi connectivity index (χ3n) is 4.26. The van der Waals surface area contributed by atoms with Crippen molar-refractivity contribution in [3.8, 4) is 0 Å². The van der Waals surface area contributed by atoms with Crippen LogP contribution in [0.3, 0.4) is 0 Å². The van der Waals surface area contributed by atoms with Crippen molar-refractivity contribution in [2.75, 3.05) is 26.2 Å². The number of aromatic nitrogens is 1. The number of pyridine rings is 1. The standard InChI is InChI=1S/C19H32N4O.HI/c1-2-20-19(22-14-12-17-9-7-8-13-21-17)23-15-16-24-18-10-5-3-4-6-11-18;/h7-9,13,18H,2-6,10-12,14-16H2,1H3,(H2,20,22,23);1H. The average Bonchev–Trinajstić information content (AvgIpc) is 2.88. The maximum absolute atomic E-state index is 5.99. The number of nitrogens with zero attached hydrogens (tertiary/aromatic N) is 2. The van der Waals surface area contributed by atoms with Gasteiger partial charge in [0.15, 0.2) is 5.96 Å². The molecule has 2 rings (SSSR count). The highest BCUT2D eigenvalue weighted by molar-refractivity contribution is 14.0. The summed E-state index contributed by atoms with van der Waals surface area (Å²) < 4.78 is 5.99. The second-order valence-electron chi connectivity index (χ2n) is 6.24. The number of nitrogens with one attached hydrogen (secondary N) is 2. The van der Waals surface area contributed by atoms with Gasteiger partial charge in [-0.1, -0.05) is 31.7 Å². The number of guanidine groups is 1. The summed E-state index contributed by atoms with van der Waals surface area (Å²) in [6.07, 6.45) is 11.0. The van der Waals surface area contributed by atoms with Crippen LogP contribution in [0, 0.1) is 0 Å². The second kappa shape index (κ2) is 14.3. The third-order valence-corrected chi connectivity index (χ3v) is 4.26. The van der Waals surface area contributed by atoms with Gasteiger partial charge in [-0.2, -0.15) is 0 Å². The summed E-state index contributed by atoms with van der Waals surface area (Å²) in [5.41, 5.74) is 1.09. The maximum atomic E-state index is 5.99. The quantitative estimate of drug-likeness (QED) is 0.205. The van der Waals surface area contributed by atoms with Crippen molar-refractivity contribution < 1.29 is 4.74 Å². The molecule has 0 spiro atoms. The molecule has 1 aliphatic carbocycles. The molecule has 25 heavy (non-hydrogen) atoms. The number of ether oxygens (including phenoxy) is 1. The van der Waals surface area contributed by atoms with E-state index in [-0.39, 0.29) is 24.0 Å². The molecule has 142 valence electrons. The van der Waals surface area contributed by atoms with E-state index in [1.807, 2.05) is 24.4 Å². The number of aliphatic imine (C=N–C) groups is 1. The highest BCUT2D eigenvalue weighted by atomic mass is 127. The van der Waals surface area contributed by atoms with E-state index in [0.29, 0.717) is 19.3 Å². The van der Waals surface area contributed by atoms with Crippen LogP contribution in [0.5, 0.6) is 0 Å². The van der Waals surface area contributed by atoms with E-state index in [1.54, 1.807) is 0 Å². The van der Waals surface area contributed by atoms with Crippen LogP contribution in [-0.4, -0.2) is 43.3 Å². The molecule has 1 saturated carbocycles. The molecule has 0 radical (unpaired) electrons. The van der Waals surface area contributed by atoms with E-state index >= 15 is 0 Å². The number of rotatable bonds is 8. The Bertz CT molecular complexity index is 462. The summed E-state index contributed by atoms with van der Waals surface area (Å²) in [5, 5.41) is 6.64. The van der Waals surface area contributed by atoms with E-state index in [9.17, 15) is 0 Å². The van der Waals surface area contributed by atoms with Gasteiger partial charge in [0, 0.05) is 31.4 Å². The zero-order valence-corrected chi connectivity index (χ0v) is 17.7. The molecular formula is C19H33IN4O. The first-order chi connectivity index (χ1) is 11.9. The van der Waals surface area contributed by atoms with Crippen molar-refractivity contribution >= 4 is 29.9 Å². The molecule has 1 aromatic rings. The zero-order valence-electron chi connectivity index (χ0n) is 15.4. The van der Waals surface area contributed by atoms with Gasteiger partial charge >= 0.3 is 0 Å². The minimum Gasteiger partial charge on any atom is -0.376 e. The Labute approximate surface area is 169 Å². The third kappa shape index (κ3) is 9.99. The van der Waals surface area contributed by atoms with Gasteiger partial charge in [-0.3, -0.25) is 9.98 Å². The number of hydrogen-bond donors (Lipinski definition) is 2. The molecule has 2 N–H and O–H groups in total. The lowest BCUT2D eigenvalue weighted by Crippen LogP contribution is -2.38. The first kappa shape index (κ1) is 22.2. The van der Waals surface area contributed by atoms with Crippen LogP contribution in [0.1, 0.15) is 51.1 Å². The van der Waals surface area contributed by atoms with E-state index in [2.05, 4.69) is 27.5 Å². The molecule has 0 saturated heterocycles. The van der Waals surface area contributed by atoms with Crippen LogP contribution in [0.25, 0.3) is 0 Å². The molecule has 0 atom stereocenters. The van der Waals surface area contributed by atoms with E-state index in [0.717, 1.165) is 31.2 Å². The van der Waals surface area contributed by atoms with Gasteiger partial charge < -0.3 is 15.4 Å². The van der Waals surface area contributed by atoms with Gasteiger partial charge in [0.25, 0.3) is 0 Å². The minimum absolute atomic E-state index is 0. The van der Waals surface area contributed by atoms with Crippen molar-refractivity contribution in [2.24, 2.45) is 4.99 Å². The number of halogens is 1. The summed E-state index contributed by atoms with van der Waals surface area (Å²) in [7, 11) is 0. The monoisotopic (exact) mass is 460 g/mol. The lowest BCUT2D eigenvalue weighted by atomic mass is 10.1. The van der Waals surface area contributed by atoms with Gasteiger partial charge in [0.2, 0.25) is 0 Å². The Kier molecular flexibility index (Phi) is 12.7. The smallest absolute Gasteiger partial charge is 0.191 e.